The summed E-state index contributed by atoms with van der Waals surface area (Å²) in [7, 11) is 0. The van der Waals surface area contributed by atoms with Crippen LogP contribution in [0.2, 0.25) is 0 Å². The highest BCUT2D eigenvalue weighted by atomic mass is 16.5. The van der Waals surface area contributed by atoms with Crippen LogP contribution in [0.15, 0.2) is 51.7 Å². The van der Waals surface area contributed by atoms with Crippen molar-refractivity contribution >= 4 is 0 Å². The molecule has 1 fully saturated rings. The second kappa shape index (κ2) is 7.58. The van der Waals surface area contributed by atoms with E-state index in [1.165, 1.54) is 0 Å². The number of rotatable bonds is 6. The van der Waals surface area contributed by atoms with Gasteiger partial charge in [0.25, 0.3) is 5.89 Å². The zero-order chi connectivity index (χ0) is 16.9. The number of nitrogens with zero attached hydrogens (tertiary/aromatic N) is 4. The summed E-state index contributed by atoms with van der Waals surface area (Å²) in [6.45, 7) is 3.06. The maximum Gasteiger partial charge on any atom is 0.293 e. The molecule has 0 spiro atoms. The Morgan fingerprint density at radius 3 is 3.08 bits per heavy atom. The molecule has 4 rings (SSSR count). The predicted molar refractivity (Wildman–Crippen MR) is 89.3 cm³/mol. The Labute approximate surface area is 145 Å². The summed E-state index contributed by atoms with van der Waals surface area (Å²) in [6, 6.07) is 9.47. The lowest BCUT2D eigenvalue weighted by Crippen LogP contribution is -2.39. The van der Waals surface area contributed by atoms with E-state index in [0.29, 0.717) is 30.6 Å². The number of ether oxygens (including phenoxy) is 1. The Bertz CT molecular complexity index is 773. The van der Waals surface area contributed by atoms with Crippen LogP contribution >= 0.6 is 0 Å². The third kappa shape index (κ3) is 4.12. The van der Waals surface area contributed by atoms with E-state index < -0.39 is 0 Å². The molecule has 7 heteroatoms. The summed E-state index contributed by atoms with van der Waals surface area (Å²) in [5, 5.41) is 4.05. The van der Waals surface area contributed by atoms with E-state index in [0.717, 1.165) is 31.6 Å². The van der Waals surface area contributed by atoms with Gasteiger partial charge in [0.1, 0.15) is 0 Å². The molecule has 130 valence electrons. The second-order valence-electron chi connectivity index (χ2n) is 6.12. The maximum absolute atomic E-state index is 6.02. The minimum Gasteiger partial charge on any atom is -0.459 e. The van der Waals surface area contributed by atoms with Crippen molar-refractivity contribution in [1.29, 1.82) is 0 Å². The van der Waals surface area contributed by atoms with Gasteiger partial charge in [0.05, 0.1) is 31.2 Å². The number of hydrogen-bond donors (Lipinski definition) is 0. The Morgan fingerprint density at radius 1 is 1.24 bits per heavy atom. The number of aromatic nitrogens is 3. The van der Waals surface area contributed by atoms with E-state index in [1.54, 1.807) is 24.6 Å². The van der Waals surface area contributed by atoms with E-state index in [-0.39, 0.29) is 6.10 Å². The second-order valence-corrected chi connectivity index (χ2v) is 6.12. The quantitative estimate of drug-likeness (QED) is 0.683. The van der Waals surface area contributed by atoms with Gasteiger partial charge in [0, 0.05) is 12.7 Å². The topological polar surface area (TPSA) is 77.4 Å². The molecular weight excluding hydrogens is 320 g/mol. The SMILES string of the molecule is c1ccc(COC2CCCN(Cc3noc(-c4ccco4)n3)C2)nc1. The summed E-state index contributed by atoms with van der Waals surface area (Å²) in [4.78, 5) is 11.0. The van der Waals surface area contributed by atoms with Crippen LogP contribution in [0.5, 0.6) is 0 Å². The van der Waals surface area contributed by atoms with Gasteiger partial charge in [-0.2, -0.15) is 4.98 Å². The zero-order valence-corrected chi connectivity index (χ0v) is 13.9. The summed E-state index contributed by atoms with van der Waals surface area (Å²) >= 11 is 0. The third-order valence-electron chi connectivity index (χ3n) is 4.22. The van der Waals surface area contributed by atoms with Crippen molar-refractivity contribution in [1.82, 2.24) is 20.0 Å². The number of furan rings is 1. The first-order valence-corrected chi connectivity index (χ1v) is 8.47. The largest absolute Gasteiger partial charge is 0.459 e. The van der Waals surface area contributed by atoms with Crippen molar-refractivity contribution in [3.63, 3.8) is 0 Å². The van der Waals surface area contributed by atoms with Crippen LogP contribution < -0.4 is 0 Å². The molecule has 3 aromatic rings. The molecule has 3 aromatic heterocycles. The van der Waals surface area contributed by atoms with E-state index in [4.69, 9.17) is 13.7 Å². The first-order chi connectivity index (χ1) is 12.4. The van der Waals surface area contributed by atoms with Crippen LogP contribution in [0.3, 0.4) is 0 Å². The summed E-state index contributed by atoms with van der Waals surface area (Å²) in [6.07, 6.45) is 5.74. The molecule has 0 saturated carbocycles. The molecule has 7 nitrogen and oxygen atoms in total. The zero-order valence-electron chi connectivity index (χ0n) is 13.9. The number of likely N-dealkylation sites (tertiary alicyclic amines) is 1. The molecule has 0 amide bonds. The first kappa shape index (κ1) is 16.0. The molecule has 1 aliphatic rings. The normalized spacial score (nSPS) is 18.5. The van der Waals surface area contributed by atoms with Gasteiger partial charge in [0.15, 0.2) is 11.6 Å². The van der Waals surface area contributed by atoms with Gasteiger partial charge < -0.3 is 13.7 Å². The van der Waals surface area contributed by atoms with Crippen molar-refractivity contribution in [2.75, 3.05) is 13.1 Å². The molecule has 0 aliphatic carbocycles. The number of pyridine rings is 1. The molecular formula is C18H20N4O3. The van der Waals surface area contributed by atoms with Gasteiger partial charge >= 0.3 is 0 Å². The van der Waals surface area contributed by atoms with Gasteiger partial charge in [-0.1, -0.05) is 11.2 Å². The van der Waals surface area contributed by atoms with Crippen molar-refractivity contribution in [2.24, 2.45) is 0 Å². The standard InChI is InChI=1S/C18H20N4O3/c1-2-8-19-14(5-1)13-24-15-6-3-9-22(11-15)12-17-20-18(25-21-17)16-7-4-10-23-16/h1-2,4-5,7-8,10,15H,3,6,9,11-13H2. The fraction of sp³-hybridized carbons (Fsp3) is 0.389. The van der Waals surface area contributed by atoms with Gasteiger partial charge in [-0.15, -0.1) is 0 Å². The summed E-state index contributed by atoms with van der Waals surface area (Å²) in [5.74, 6) is 1.67. The van der Waals surface area contributed by atoms with E-state index in [9.17, 15) is 0 Å². The molecule has 25 heavy (non-hydrogen) atoms. The van der Waals surface area contributed by atoms with E-state index in [1.807, 2.05) is 18.2 Å². The Kier molecular flexibility index (Phi) is 4.85. The van der Waals surface area contributed by atoms with Crippen LogP contribution in [0, 0.1) is 0 Å². The summed E-state index contributed by atoms with van der Waals surface area (Å²) < 4.78 is 16.6. The monoisotopic (exact) mass is 340 g/mol. The molecule has 0 aromatic carbocycles. The van der Waals surface area contributed by atoms with E-state index >= 15 is 0 Å². The molecule has 0 N–H and O–H groups in total. The van der Waals surface area contributed by atoms with Crippen LogP contribution in [-0.2, 0) is 17.9 Å². The van der Waals surface area contributed by atoms with Crippen LogP contribution in [-0.4, -0.2) is 39.2 Å². The number of hydrogen-bond acceptors (Lipinski definition) is 7. The average Bonchev–Trinajstić information content (AvgIpc) is 3.33. The van der Waals surface area contributed by atoms with Crippen molar-refractivity contribution in [3.8, 4) is 11.7 Å². The highest BCUT2D eigenvalue weighted by molar-refractivity contribution is 5.42. The third-order valence-corrected chi connectivity index (χ3v) is 4.22. The highest BCUT2D eigenvalue weighted by Gasteiger charge is 2.22. The predicted octanol–water partition coefficient (Wildman–Crippen LogP) is 2.91. The van der Waals surface area contributed by atoms with Crippen LogP contribution in [0.1, 0.15) is 24.4 Å². The minimum absolute atomic E-state index is 0.201. The lowest BCUT2D eigenvalue weighted by atomic mass is 10.1. The lowest BCUT2D eigenvalue weighted by molar-refractivity contribution is -0.0139. The Balaban J connectivity index is 1.31. The first-order valence-electron chi connectivity index (χ1n) is 8.47. The van der Waals surface area contributed by atoms with Gasteiger partial charge in [0.2, 0.25) is 0 Å². The van der Waals surface area contributed by atoms with E-state index in [2.05, 4.69) is 20.0 Å². The maximum atomic E-state index is 6.02. The average molecular weight is 340 g/mol. The minimum atomic E-state index is 0.201. The fourth-order valence-electron chi connectivity index (χ4n) is 3.00. The lowest BCUT2D eigenvalue weighted by Gasteiger charge is -2.31. The molecule has 1 saturated heterocycles. The number of piperidine rings is 1. The molecule has 4 heterocycles. The van der Waals surface area contributed by atoms with Gasteiger partial charge in [-0.05, 0) is 43.7 Å². The van der Waals surface area contributed by atoms with Gasteiger partial charge in [-0.3, -0.25) is 9.88 Å². The molecule has 1 atom stereocenters. The molecule has 1 unspecified atom stereocenters. The van der Waals surface area contributed by atoms with Crippen molar-refractivity contribution in [3.05, 3.63) is 54.3 Å². The smallest absolute Gasteiger partial charge is 0.293 e. The highest BCUT2D eigenvalue weighted by Crippen LogP contribution is 2.19. The molecule has 0 bridgehead atoms. The van der Waals surface area contributed by atoms with Crippen molar-refractivity contribution in [2.45, 2.75) is 32.1 Å². The van der Waals surface area contributed by atoms with Gasteiger partial charge in [-0.25, -0.2) is 0 Å². The Hall–Kier alpha value is -2.51. The molecule has 0 radical (unpaired) electrons. The van der Waals surface area contributed by atoms with Crippen molar-refractivity contribution < 1.29 is 13.7 Å². The molecule has 1 aliphatic heterocycles. The van der Waals surface area contributed by atoms with Crippen LogP contribution in [0.4, 0.5) is 0 Å². The fourth-order valence-corrected chi connectivity index (χ4v) is 3.00. The Morgan fingerprint density at radius 2 is 2.24 bits per heavy atom. The van der Waals surface area contributed by atoms with Crippen LogP contribution in [0.25, 0.3) is 11.7 Å². The summed E-state index contributed by atoms with van der Waals surface area (Å²) in [5.41, 5.74) is 0.959.